The van der Waals surface area contributed by atoms with E-state index in [4.69, 9.17) is 15.2 Å². The SMILES string of the molecule is N[C@H]1CCC[C@@H]1Cc1ccc2c(c1)OC1(CCCCC1)O2. The van der Waals surface area contributed by atoms with Gasteiger partial charge in [0, 0.05) is 18.9 Å². The van der Waals surface area contributed by atoms with Gasteiger partial charge < -0.3 is 15.2 Å². The smallest absolute Gasteiger partial charge is 0.251 e. The van der Waals surface area contributed by atoms with Crippen molar-refractivity contribution in [1.82, 2.24) is 0 Å². The van der Waals surface area contributed by atoms with Crippen molar-refractivity contribution in [3.05, 3.63) is 23.8 Å². The van der Waals surface area contributed by atoms with Crippen LogP contribution in [0.3, 0.4) is 0 Å². The lowest BCUT2D eigenvalue weighted by Crippen LogP contribution is -2.40. The molecule has 0 amide bonds. The van der Waals surface area contributed by atoms with Gasteiger partial charge in [-0.05, 0) is 55.7 Å². The molecule has 1 aromatic carbocycles. The molecule has 0 radical (unpaired) electrons. The van der Waals surface area contributed by atoms with Crippen LogP contribution in [0.2, 0.25) is 0 Å². The Labute approximate surface area is 126 Å². The Balaban J connectivity index is 1.50. The van der Waals surface area contributed by atoms with Gasteiger partial charge in [-0.15, -0.1) is 0 Å². The zero-order chi connectivity index (χ0) is 14.3. The second-order valence-corrected chi connectivity index (χ2v) is 7.02. The summed E-state index contributed by atoms with van der Waals surface area (Å²) in [7, 11) is 0. The number of benzene rings is 1. The summed E-state index contributed by atoms with van der Waals surface area (Å²) in [5.74, 6) is 2.15. The molecule has 2 N–H and O–H groups in total. The maximum Gasteiger partial charge on any atom is 0.251 e. The second kappa shape index (κ2) is 5.20. The Morgan fingerprint density at radius 1 is 1.00 bits per heavy atom. The zero-order valence-corrected chi connectivity index (χ0v) is 12.6. The first kappa shape index (κ1) is 13.4. The maximum absolute atomic E-state index is 6.21. The van der Waals surface area contributed by atoms with E-state index in [-0.39, 0.29) is 5.79 Å². The molecule has 1 aliphatic heterocycles. The fourth-order valence-corrected chi connectivity index (χ4v) is 4.18. The molecule has 3 nitrogen and oxygen atoms in total. The van der Waals surface area contributed by atoms with E-state index in [1.165, 1.54) is 44.1 Å². The van der Waals surface area contributed by atoms with Gasteiger partial charge in [0.05, 0.1) is 0 Å². The molecule has 1 spiro atoms. The van der Waals surface area contributed by atoms with Crippen LogP contribution in [0.5, 0.6) is 11.5 Å². The van der Waals surface area contributed by atoms with Gasteiger partial charge in [-0.2, -0.15) is 0 Å². The lowest BCUT2D eigenvalue weighted by atomic mass is 9.94. The molecule has 2 atom stereocenters. The third-order valence-corrected chi connectivity index (χ3v) is 5.43. The van der Waals surface area contributed by atoms with Gasteiger partial charge in [-0.1, -0.05) is 18.9 Å². The van der Waals surface area contributed by atoms with Crippen molar-refractivity contribution in [2.45, 2.75) is 69.6 Å². The highest BCUT2D eigenvalue weighted by Crippen LogP contribution is 2.46. The van der Waals surface area contributed by atoms with Gasteiger partial charge in [0.2, 0.25) is 0 Å². The average Bonchev–Trinajstić information content (AvgIpc) is 3.03. The predicted octanol–water partition coefficient (Wildman–Crippen LogP) is 3.79. The highest BCUT2D eigenvalue weighted by Gasteiger charge is 2.42. The van der Waals surface area contributed by atoms with E-state index in [2.05, 4.69) is 18.2 Å². The third-order valence-electron chi connectivity index (χ3n) is 5.43. The molecule has 2 aliphatic carbocycles. The van der Waals surface area contributed by atoms with Crippen molar-refractivity contribution in [2.24, 2.45) is 11.7 Å². The van der Waals surface area contributed by atoms with E-state index in [1.54, 1.807) is 0 Å². The quantitative estimate of drug-likeness (QED) is 0.900. The Morgan fingerprint density at radius 3 is 2.57 bits per heavy atom. The van der Waals surface area contributed by atoms with Crippen LogP contribution < -0.4 is 15.2 Å². The molecule has 0 saturated heterocycles. The highest BCUT2D eigenvalue weighted by molar-refractivity contribution is 5.46. The topological polar surface area (TPSA) is 44.5 Å². The van der Waals surface area contributed by atoms with Crippen molar-refractivity contribution < 1.29 is 9.47 Å². The van der Waals surface area contributed by atoms with Crippen LogP contribution in [0.25, 0.3) is 0 Å². The van der Waals surface area contributed by atoms with Crippen molar-refractivity contribution in [3.8, 4) is 11.5 Å². The second-order valence-electron chi connectivity index (χ2n) is 7.02. The molecule has 0 aromatic heterocycles. The summed E-state index contributed by atoms with van der Waals surface area (Å²) < 4.78 is 12.3. The molecule has 21 heavy (non-hydrogen) atoms. The van der Waals surface area contributed by atoms with Gasteiger partial charge in [0.15, 0.2) is 11.5 Å². The Hall–Kier alpha value is -1.22. The number of nitrogens with two attached hydrogens (primary N) is 1. The van der Waals surface area contributed by atoms with Gasteiger partial charge in [0.1, 0.15) is 0 Å². The third kappa shape index (κ3) is 2.52. The monoisotopic (exact) mass is 287 g/mol. The Bertz CT molecular complexity index is 522. The first-order chi connectivity index (χ1) is 10.2. The first-order valence-corrected chi connectivity index (χ1v) is 8.51. The molecule has 1 heterocycles. The number of ether oxygens (including phenoxy) is 2. The van der Waals surface area contributed by atoms with Gasteiger partial charge in [-0.3, -0.25) is 0 Å². The minimum atomic E-state index is -0.358. The number of rotatable bonds is 2. The summed E-state index contributed by atoms with van der Waals surface area (Å²) >= 11 is 0. The molecule has 114 valence electrons. The Kier molecular flexibility index (Phi) is 3.33. The summed E-state index contributed by atoms with van der Waals surface area (Å²) in [6.07, 6.45) is 10.5. The number of fused-ring (bicyclic) bond motifs is 1. The van der Waals surface area contributed by atoms with Crippen molar-refractivity contribution in [1.29, 1.82) is 0 Å². The summed E-state index contributed by atoms with van der Waals surface area (Å²) in [5.41, 5.74) is 7.54. The minimum absolute atomic E-state index is 0.358. The van der Waals surface area contributed by atoms with Crippen LogP contribution in [-0.2, 0) is 6.42 Å². The molecule has 2 fully saturated rings. The number of hydrogen-bond donors (Lipinski definition) is 1. The van der Waals surface area contributed by atoms with Crippen molar-refractivity contribution in [3.63, 3.8) is 0 Å². The average molecular weight is 287 g/mol. The lowest BCUT2D eigenvalue weighted by Gasteiger charge is -2.31. The molecule has 0 unspecified atom stereocenters. The van der Waals surface area contributed by atoms with E-state index < -0.39 is 0 Å². The van der Waals surface area contributed by atoms with Gasteiger partial charge >= 0.3 is 0 Å². The van der Waals surface area contributed by atoms with E-state index in [0.717, 1.165) is 30.8 Å². The maximum atomic E-state index is 6.21. The normalized spacial score (nSPS) is 30.0. The van der Waals surface area contributed by atoms with Crippen LogP contribution in [0.15, 0.2) is 18.2 Å². The molecule has 4 rings (SSSR count). The van der Waals surface area contributed by atoms with Crippen LogP contribution in [0, 0.1) is 5.92 Å². The van der Waals surface area contributed by atoms with Crippen molar-refractivity contribution in [2.75, 3.05) is 0 Å². The van der Waals surface area contributed by atoms with E-state index in [0.29, 0.717) is 12.0 Å². The fraction of sp³-hybridized carbons (Fsp3) is 0.667. The molecule has 3 heteroatoms. The first-order valence-electron chi connectivity index (χ1n) is 8.51. The van der Waals surface area contributed by atoms with E-state index in [1.807, 2.05) is 0 Å². The van der Waals surface area contributed by atoms with Crippen molar-refractivity contribution >= 4 is 0 Å². The van der Waals surface area contributed by atoms with E-state index in [9.17, 15) is 0 Å². The van der Waals surface area contributed by atoms with Crippen LogP contribution in [-0.4, -0.2) is 11.8 Å². The summed E-state index contributed by atoms with van der Waals surface area (Å²) in [5, 5.41) is 0. The van der Waals surface area contributed by atoms with E-state index >= 15 is 0 Å². The van der Waals surface area contributed by atoms with Crippen LogP contribution >= 0.6 is 0 Å². The standard InChI is InChI=1S/C18H25NO2/c19-15-6-4-5-14(15)11-13-7-8-16-17(12-13)21-18(20-16)9-2-1-3-10-18/h7-8,12,14-15H,1-6,9-11,19H2/t14-,15+/m1/s1. The molecular weight excluding hydrogens is 262 g/mol. The predicted molar refractivity (Wildman–Crippen MR) is 82.5 cm³/mol. The fourth-order valence-electron chi connectivity index (χ4n) is 4.18. The van der Waals surface area contributed by atoms with Crippen LogP contribution in [0.1, 0.15) is 56.9 Å². The zero-order valence-electron chi connectivity index (χ0n) is 12.6. The van der Waals surface area contributed by atoms with Gasteiger partial charge in [0.25, 0.3) is 5.79 Å². The molecule has 0 bridgehead atoms. The molecular formula is C18H25NO2. The van der Waals surface area contributed by atoms with Crippen LogP contribution in [0.4, 0.5) is 0 Å². The summed E-state index contributed by atoms with van der Waals surface area (Å²) in [6, 6.07) is 6.84. The minimum Gasteiger partial charge on any atom is -0.448 e. The Morgan fingerprint density at radius 2 is 1.81 bits per heavy atom. The molecule has 2 saturated carbocycles. The lowest BCUT2D eigenvalue weighted by molar-refractivity contribution is -0.105. The number of hydrogen-bond acceptors (Lipinski definition) is 3. The van der Waals surface area contributed by atoms with Gasteiger partial charge in [-0.25, -0.2) is 0 Å². The molecule has 1 aromatic rings. The highest BCUT2D eigenvalue weighted by atomic mass is 16.7. The summed E-state index contributed by atoms with van der Waals surface area (Å²) in [4.78, 5) is 0. The molecule has 3 aliphatic rings. The summed E-state index contributed by atoms with van der Waals surface area (Å²) in [6.45, 7) is 0. The largest absolute Gasteiger partial charge is 0.448 e.